The van der Waals surface area contributed by atoms with Crippen LogP contribution in [0.15, 0.2) is 0 Å². The summed E-state index contributed by atoms with van der Waals surface area (Å²) in [7, 11) is 0. The molecule has 0 aromatic heterocycles. The third-order valence-corrected chi connectivity index (χ3v) is 2.06. The summed E-state index contributed by atoms with van der Waals surface area (Å²) in [4.78, 5) is 0. The molecule has 0 saturated heterocycles. The van der Waals surface area contributed by atoms with Crippen molar-refractivity contribution in [3.63, 3.8) is 0 Å². The standard InChI is InChI=1S/C10H27N6.2C2H6.Y/c11-1-3-13-5-7-15-9-10-16-8-6-14-4-2-12;2*1-2;/h11,13-16H,1-10,12H2;2*1-2H3;/q-1;;;. The Bertz CT molecular complexity index is 116. The van der Waals surface area contributed by atoms with Gasteiger partial charge in [-0.3, -0.25) is 0 Å². The van der Waals surface area contributed by atoms with Crippen LogP contribution in [0.4, 0.5) is 0 Å². The molecule has 0 amide bonds. The monoisotopic (exact) mass is 380 g/mol. The van der Waals surface area contributed by atoms with Crippen molar-refractivity contribution in [1.29, 1.82) is 0 Å². The first kappa shape index (κ1) is 29.8. The van der Waals surface area contributed by atoms with Gasteiger partial charge in [0.1, 0.15) is 0 Å². The van der Waals surface area contributed by atoms with Crippen LogP contribution in [0.2, 0.25) is 0 Å². The maximum atomic E-state index is 6.94. The molecule has 0 aliphatic rings. The van der Waals surface area contributed by atoms with Crippen LogP contribution in [0.25, 0.3) is 5.73 Å². The summed E-state index contributed by atoms with van der Waals surface area (Å²) in [5.74, 6) is 0. The first-order valence-corrected chi connectivity index (χ1v) is 8.09. The Morgan fingerprint density at radius 3 is 1.19 bits per heavy atom. The van der Waals surface area contributed by atoms with Gasteiger partial charge in [-0.2, -0.15) is 0 Å². The molecule has 0 spiro atoms. The fraction of sp³-hybridized carbons (Fsp3) is 1.00. The Morgan fingerprint density at radius 1 is 0.619 bits per heavy atom. The van der Waals surface area contributed by atoms with Crippen LogP contribution in [0.5, 0.6) is 0 Å². The van der Waals surface area contributed by atoms with Gasteiger partial charge in [-0.05, 0) is 6.54 Å². The minimum Gasteiger partial charge on any atom is -0.676 e. The van der Waals surface area contributed by atoms with Gasteiger partial charge in [0.15, 0.2) is 0 Å². The number of rotatable bonds is 13. The normalized spacial score (nSPS) is 8.86. The molecule has 7 heteroatoms. The summed E-state index contributed by atoms with van der Waals surface area (Å²) >= 11 is 0. The zero-order valence-electron chi connectivity index (χ0n) is 14.7. The van der Waals surface area contributed by atoms with Crippen molar-refractivity contribution in [1.82, 2.24) is 21.3 Å². The second-order valence-electron chi connectivity index (χ2n) is 3.54. The topological polar surface area (TPSA) is 97.9 Å². The summed E-state index contributed by atoms with van der Waals surface area (Å²) < 4.78 is 0. The summed E-state index contributed by atoms with van der Waals surface area (Å²) in [6.45, 7) is 16.7. The van der Waals surface area contributed by atoms with E-state index >= 15 is 0 Å². The molecule has 0 fully saturated rings. The van der Waals surface area contributed by atoms with E-state index in [0.717, 1.165) is 52.4 Å². The SMILES string of the molecule is CC.CC.[NH-]CCNCCNCCNCCNCCN.[Y]. The van der Waals surface area contributed by atoms with E-state index in [9.17, 15) is 0 Å². The van der Waals surface area contributed by atoms with Crippen LogP contribution in [0, 0.1) is 0 Å². The van der Waals surface area contributed by atoms with Crippen LogP contribution in [-0.2, 0) is 32.7 Å². The third-order valence-electron chi connectivity index (χ3n) is 2.06. The Kier molecular flexibility index (Phi) is 52.9. The Labute approximate surface area is 158 Å². The largest absolute Gasteiger partial charge is 0.676 e. The molecule has 129 valence electrons. The van der Waals surface area contributed by atoms with Crippen molar-refractivity contribution in [3.8, 4) is 0 Å². The molecule has 0 unspecified atom stereocenters. The van der Waals surface area contributed by atoms with E-state index in [-0.39, 0.29) is 32.7 Å². The van der Waals surface area contributed by atoms with Crippen molar-refractivity contribution in [2.24, 2.45) is 5.73 Å². The van der Waals surface area contributed by atoms with E-state index in [1.54, 1.807) is 0 Å². The average Bonchev–Trinajstić information content (AvgIpc) is 2.52. The van der Waals surface area contributed by atoms with Crippen LogP contribution in [0.1, 0.15) is 27.7 Å². The molecule has 7 N–H and O–H groups in total. The fourth-order valence-electron chi connectivity index (χ4n) is 1.22. The molecule has 0 rings (SSSR count). The van der Waals surface area contributed by atoms with E-state index < -0.39 is 0 Å². The second kappa shape index (κ2) is 37.3. The zero-order valence-corrected chi connectivity index (χ0v) is 17.6. The Balaban J connectivity index is -0.000000264. The van der Waals surface area contributed by atoms with Gasteiger partial charge >= 0.3 is 0 Å². The molecule has 0 aromatic rings. The summed E-state index contributed by atoms with van der Waals surface area (Å²) in [6.07, 6.45) is 0. The van der Waals surface area contributed by atoms with Gasteiger partial charge in [-0.15, -0.1) is 6.54 Å². The quantitative estimate of drug-likeness (QED) is 0.298. The van der Waals surface area contributed by atoms with Crippen molar-refractivity contribution < 1.29 is 32.7 Å². The molecular formula is C14H39N6Y-. The molecule has 0 atom stereocenters. The Morgan fingerprint density at radius 2 is 0.905 bits per heavy atom. The fourth-order valence-corrected chi connectivity index (χ4v) is 1.22. The van der Waals surface area contributed by atoms with E-state index in [0.29, 0.717) is 13.1 Å². The number of nitrogens with one attached hydrogen (secondary N) is 5. The molecule has 1 radical (unpaired) electrons. The van der Waals surface area contributed by atoms with E-state index in [1.165, 1.54) is 0 Å². The summed E-state index contributed by atoms with van der Waals surface area (Å²) in [5.41, 5.74) is 12.3. The molecule has 6 nitrogen and oxygen atoms in total. The minimum absolute atomic E-state index is 0. The summed E-state index contributed by atoms with van der Waals surface area (Å²) in [6, 6.07) is 0. The number of hydrogen-bond donors (Lipinski definition) is 5. The first-order valence-electron chi connectivity index (χ1n) is 8.09. The van der Waals surface area contributed by atoms with Gasteiger partial charge in [-0.1, -0.05) is 27.7 Å². The summed E-state index contributed by atoms with van der Waals surface area (Å²) in [5, 5.41) is 13.0. The average molecular weight is 380 g/mol. The predicted molar refractivity (Wildman–Crippen MR) is 92.4 cm³/mol. The third kappa shape index (κ3) is 38.6. The molecular weight excluding hydrogens is 341 g/mol. The maximum Gasteiger partial charge on any atom is 0.00772 e. The van der Waals surface area contributed by atoms with Gasteiger partial charge in [0.05, 0.1) is 0 Å². The first-order chi connectivity index (χ1) is 9.91. The molecule has 21 heavy (non-hydrogen) atoms. The van der Waals surface area contributed by atoms with Gasteiger partial charge in [0, 0.05) is 85.1 Å². The zero-order chi connectivity index (χ0) is 15.9. The van der Waals surface area contributed by atoms with Crippen molar-refractivity contribution in [2.75, 3.05) is 65.4 Å². The van der Waals surface area contributed by atoms with Crippen LogP contribution >= 0.6 is 0 Å². The van der Waals surface area contributed by atoms with Crippen LogP contribution < -0.4 is 27.0 Å². The van der Waals surface area contributed by atoms with E-state index in [4.69, 9.17) is 11.5 Å². The van der Waals surface area contributed by atoms with Crippen molar-refractivity contribution in [2.45, 2.75) is 27.7 Å². The van der Waals surface area contributed by atoms with Crippen molar-refractivity contribution in [3.05, 3.63) is 5.73 Å². The minimum atomic E-state index is 0. The Hall–Kier alpha value is 0.864. The maximum absolute atomic E-state index is 6.94. The van der Waals surface area contributed by atoms with Crippen LogP contribution in [-0.4, -0.2) is 65.4 Å². The second-order valence-corrected chi connectivity index (χ2v) is 3.54. The van der Waals surface area contributed by atoms with Gasteiger partial charge in [0.2, 0.25) is 0 Å². The smallest absolute Gasteiger partial charge is 0.00772 e. The molecule has 0 bridgehead atoms. The molecule has 0 saturated carbocycles. The van der Waals surface area contributed by atoms with E-state index in [1.807, 2.05) is 27.7 Å². The van der Waals surface area contributed by atoms with Gasteiger partial charge in [0.25, 0.3) is 0 Å². The molecule has 0 heterocycles. The number of hydrogen-bond acceptors (Lipinski definition) is 5. The predicted octanol–water partition coefficient (Wildman–Crippen LogP) is 0.406. The van der Waals surface area contributed by atoms with Gasteiger partial charge in [-0.25, -0.2) is 0 Å². The molecule has 0 aliphatic carbocycles. The molecule has 0 aromatic carbocycles. The molecule has 0 aliphatic heterocycles. The van der Waals surface area contributed by atoms with Crippen molar-refractivity contribution >= 4 is 0 Å². The van der Waals surface area contributed by atoms with E-state index in [2.05, 4.69) is 21.3 Å². The van der Waals surface area contributed by atoms with Gasteiger partial charge < -0.3 is 32.7 Å². The number of nitrogens with two attached hydrogens (primary N) is 1. The van der Waals surface area contributed by atoms with Crippen LogP contribution in [0.3, 0.4) is 0 Å².